The average molecular weight is 422 g/mol. The van der Waals surface area contributed by atoms with E-state index in [0.717, 1.165) is 31.0 Å². The van der Waals surface area contributed by atoms with E-state index in [1.807, 2.05) is 11.7 Å². The molecule has 3 aromatic rings. The molecule has 0 bridgehead atoms. The largest absolute Gasteiger partial charge is 0.496 e. The molecule has 2 heterocycles. The van der Waals surface area contributed by atoms with Gasteiger partial charge in [-0.25, -0.2) is 0 Å². The summed E-state index contributed by atoms with van der Waals surface area (Å²) in [4.78, 5) is 0. The van der Waals surface area contributed by atoms with Crippen molar-refractivity contribution in [2.24, 2.45) is 12.5 Å². The number of hydrogen-bond donors (Lipinski definition) is 0. The van der Waals surface area contributed by atoms with E-state index >= 15 is 0 Å². The summed E-state index contributed by atoms with van der Waals surface area (Å²) in [5, 5.41) is 14.1. The summed E-state index contributed by atoms with van der Waals surface area (Å²) in [7, 11) is 3.14. The molecule has 0 N–H and O–H groups in total. The summed E-state index contributed by atoms with van der Waals surface area (Å²) >= 11 is 1.25. The number of alkyl halides is 3. The minimum absolute atomic E-state index is 0.215. The summed E-state index contributed by atoms with van der Waals surface area (Å²) in [6.07, 6.45) is -1.62. The lowest BCUT2D eigenvalue weighted by atomic mass is 9.76. The van der Waals surface area contributed by atoms with Gasteiger partial charge in [-0.15, -0.1) is 10.2 Å². The first-order chi connectivity index (χ1) is 13.6. The zero-order valence-corrected chi connectivity index (χ0v) is 17.4. The number of aromatic nitrogens is 4. The Bertz CT molecular complexity index is 1070. The van der Waals surface area contributed by atoms with Gasteiger partial charge in [0.1, 0.15) is 16.5 Å². The van der Waals surface area contributed by atoms with Crippen molar-refractivity contribution >= 4 is 11.3 Å². The lowest BCUT2D eigenvalue weighted by Gasteiger charge is -2.29. The Kier molecular flexibility index (Phi) is 4.68. The van der Waals surface area contributed by atoms with Gasteiger partial charge >= 0.3 is 6.18 Å². The molecule has 0 atom stereocenters. The molecule has 5 nitrogen and oxygen atoms in total. The second-order valence-corrected chi connectivity index (χ2v) is 9.04. The Morgan fingerprint density at radius 1 is 1.17 bits per heavy atom. The van der Waals surface area contributed by atoms with Crippen LogP contribution in [0.3, 0.4) is 0 Å². The molecule has 0 radical (unpaired) electrons. The maximum atomic E-state index is 13.3. The molecule has 2 aromatic heterocycles. The van der Waals surface area contributed by atoms with Crippen LogP contribution in [0.2, 0.25) is 0 Å². The van der Waals surface area contributed by atoms with Gasteiger partial charge in [-0.2, -0.15) is 18.3 Å². The van der Waals surface area contributed by atoms with E-state index in [9.17, 15) is 13.2 Å². The van der Waals surface area contributed by atoms with Crippen molar-refractivity contribution < 1.29 is 17.9 Å². The average Bonchev–Trinajstić information content (AvgIpc) is 3.25. The third-order valence-electron chi connectivity index (χ3n) is 5.35. The lowest BCUT2D eigenvalue weighted by molar-refractivity contribution is -0.138. The van der Waals surface area contributed by atoms with Crippen molar-refractivity contribution in [1.29, 1.82) is 0 Å². The Morgan fingerprint density at radius 3 is 2.59 bits per heavy atom. The number of methoxy groups -OCH3 is 1. The van der Waals surface area contributed by atoms with Crippen molar-refractivity contribution in [1.82, 2.24) is 20.0 Å². The van der Waals surface area contributed by atoms with E-state index in [0.29, 0.717) is 15.6 Å². The number of rotatable bonds is 3. The summed E-state index contributed by atoms with van der Waals surface area (Å²) in [5.41, 5.74) is 2.89. The molecule has 154 valence electrons. The Hall–Kier alpha value is -2.42. The van der Waals surface area contributed by atoms with Gasteiger partial charge in [0, 0.05) is 23.9 Å². The first-order valence-electron chi connectivity index (χ1n) is 9.23. The molecule has 0 unspecified atom stereocenters. The van der Waals surface area contributed by atoms with Gasteiger partial charge in [-0.3, -0.25) is 4.68 Å². The monoisotopic (exact) mass is 422 g/mol. The van der Waals surface area contributed by atoms with E-state index in [1.165, 1.54) is 35.8 Å². The number of aryl methyl sites for hydroxylation is 1. The summed E-state index contributed by atoms with van der Waals surface area (Å²) in [6, 6.07) is 3.93. The highest BCUT2D eigenvalue weighted by atomic mass is 32.1. The molecular formula is C20H21F3N4OS. The summed E-state index contributed by atoms with van der Waals surface area (Å²) in [5.74, 6) is -0.215. The molecular weight excluding hydrogens is 401 g/mol. The second kappa shape index (κ2) is 6.83. The smallest absolute Gasteiger partial charge is 0.419 e. The lowest BCUT2D eigenvalue weighted by Crippen LogP contribution is -2.23. The van der Waals surface area contributed by atoms with Crippen LogP contribution in [0.4, 0.5) is 13.2 Å². The number of benzene rings is 1. The zero-order valence-electron chi connectivity index (χ0n) is 16.6. The van der Waals surface area contributed by atoms with Crippen LogP contribution >= 0.6 is 11.3 Å². The van der Waals surface area contributed by atoms with Crippen LogP contribution in [0, 0.1) is 5.41 Å². The highest BCUT2D eigenvalue weighted by molar-refractivity contribution is 7.17. The Labute approximate surface area is 170 Å². The van der Waals surface area contributed by atoms with Gasteiger partial charge in [0.25, 0.3) is 0 Å². The molecule has 0 saturated carbocycles. The molecule has 1 aliphatic carbocycles. The van der Waals surface area contributed by atoms with Crippen LogP contribution in [-0.4, -0.2) is 27.1 Å². The van der Waals surface area contributed by atoms with Crippen molar-refractivity contribution in [3.63, 3.8) is 0 Å². The third kappa shape index (κ3) is 3.63. The number of halogens is 3. The van der Waals surface area contributed by atoms with Crippen molar-refractivity contribution in [2.45, 2.75) is 39.3 Å². The van der Waals surface area contributed by atoms with E-state index in [4.69, 9.17) is 4.74 Å². The van der Waals surface area contributed by atoms with Gasteiger partial charge in [-0.05, 0) is 42.9 Å². The first-order valence-corrected chi connectivity index (χ1v) is 10.0. The molecule has 29 heavy (non-hydrogen) atoms. The molecule has 0 amide bonds. The Balaban J connectivity index is 1.72. The van der Waals surface area contributed by atoms with Crippen molar-refractivity contribution in [3.8, 4) is 27.0 Å². The number of ether oxygens (including phenoxy) is 1. The van der Waals surface area contributed by atoms with Gasteiger partial charge in [0.2, 0.25) is 0 Å². The number of hydrogen-bond acceptors (Lipinski definition) is 5. The predicted octanol–water partition coefficient (Wildman–Crippen LogP) is 5.15. The molecule has 0 saturated heterocycles. The molecule has 0 fully saturated rings. The SMILES string of the molecule is COc1ccc(-c2nnc(-c3nn(C)c4c3CCC(C)(C)C4)s2)cc1C(F)(F)F. The van der Waals surface area contributed by atoms with Crippen LogP contribution in [0.15, 0.2) is 18.2 Å². The normalized spacial score (nSPS) is 16.0. The van der Waals surface area contributed by atoms with Crippen LogP contribution in [0.5, 0.6) is 5.75 Å². The number of fused-ring (bicyclic) bond motifs is 1. The van der Waals surface area contributed by atoms with Crippen molar-refractivity contribution in [2.75, 3.05) is 7.11 Å². The molecule has 1 aliphatic rings. The minimum atomic E-state index is -4.51. The highest BCUT2D eigenvalue weighted by Gasteiger charge is 2.35. The maximum Gasteiger partial charge on any atom is 0.419 e. The standard InChI is InChI=1S/C20H21F3N4OS/c1-19(2)8-7-12-14(10-19)27(3)26-16(12)18-25-24-17(29-18)11-5-6-15(28-4)13(9-11)20(21,22)23/h5-6,9H,7-8,10H2,1-4H3. The molecule has 0 spiro atoms. The summed E-state index contributed by atoms with van der Waals surface area (Å²) in [6.45, 7) is 4.49. The van der Waals surface area contributed by atoms with Crippen LogP contribution in [0.25, 0.3) is 21.3 Å². The van der Waals surface area contributed by atoms with Crippen LogP contribution in [0.1, 0.15) is 37.1 Å². The van der Waals surface area contributed by atoms with Gasteiger partial charge in [0.15, 0.2) is 5.01 Å². The predicted molar refractivity (Wildman–Crippen MR) is 105 cm³/mol. The van der Waals surface area contributed by atoms with Gasteiger partial charge < -0.3 is 4.74 Å². The topological polar surface area (TPSA) is 52.8 Å². The molecule has 0 aliphatic heterocycles. The fourth-order valence-electron chi connectivity index (χ4n) is 3.76. The van der Waals surface area contributed by atoms with Crippen molar-refractivity contribution in [3.05, 3.63) is 35.0 Å². The van der Waals surface area contributed by atoms with Gasteiger partial charge in [0.05, 0.1) is 12.7 Å². The first kappa shape index (κ1) is 19.9. The molecule has 1 aromatic carbocycles. The highest BCUT2D eigenvalue weighted by Crippen LogP contribution is 2.42. The zero-order chi connectivity index (χ0) is 21.0. The maximum absolute atomic E-state index is 13.3. The summed E-state index contributed by atoms with van der Waals surface area (Å²) < 4.78 is 46.7. The number of nitrogens with zero attached hydrogens (tertiary/aromatic N) is 4. The molecule has 9 heteroatoms. The quantitative estimate of drug-likeness (QED) is 0.586. The van der Waals surface area contributed by atoms with Crippen LogP contribution in [-0.2, 0) is 26.1 Å². The van der Waals surface area contributed by atoms with E-state index < -0.39 is 11.7 Å². The second-order valence-electron chi connectivity index (χ2n) is 8.06. The van der Waals surface area contributed by atoms with E-state index in [-0.39, 0.29) is 11.2 Å². The van der Waals surface area contributed by atoms with Gasteiger partial charge in [-0.1, -0.05) is 25.2 Å². The fraction of sp³-hybridized carbons (Fsp3) is 0.450. The fourth-order valence-corrected chi connectivity index (χ4v) is 4.61. The Morgan fingerprint density at radius 2 is 1.90 bits per heavy atom. The van der Waals surface area contributed by atoms with E-state index in [1.54, 1.807) is 6.07 Å². The molecule has 4 rings (SSSR count). The third-order valence-corrected chi connectivity index (χ3v) is 6.33. The van der Waals surface area contributed by atoms with Crippen LogP contribution < -0.4 is 4.74 Å². The van der Waals surface area contributed by atoms with E-state index in [2.05, 4.69) is 29.1 Å². The minimum Gasteiger partial charge on any atom is -0.496 e.